The second-order valence-corrected chi connectivity index (χ2v) is 12.3. The molecule has 0 aliphatic heterocycles. The second-order valence-electron chi connectivity index (χ2n) is 12.3. The molecule has 0 N–H and O–H groups in total. The molecule has 0 saturated carbocycles. The minimum absolute atomic E-state index is 1.22. The molecule has 0 fully saturated rings. The van der Waals surface area contributed by atoms with Gasteiger partial charge in [0.05, 0.1) is 13.1 Å². The van der Waals surface area contributed by atoms with E-state index in [1.807, 2.05) is 0 Å². The summed E-state index contributed by atoms with van der Waals surface area (Å²) in [6.07, 6.45) is 44.5. The van der Waals surface area contributed by atoms with Crippen LogP contribution in [0.3, 0.4) is 0 Å². The van der Waals surface area contributed by atoms with Crippen molar-refractivity contribution in [1.82, 2.24) is 4.57 Å². The van der Waals surface area contributed by atoms with Gasteiger partial charge in [0.15, 0.2) is 0 Å². The molecule has 0 unspecified atom stereocenters. The fraction of sp³-hybridized carbons (Fsp3) is 0.917. The molecule has 0 atom stereocenters. The number of imidazole rings is 1. The molecule has 0 aliphatic rings. The highest BCUT2D eigenvalue weighted by atomic mass is 15.1. The minimum atomic E-state index is 1.22. The first-order chi connectivity index (χ1) is 18.8. The summed E-state index contributed by atoms with van der Waals surface area (Å²) in [4.78, 5) is 0. The highest BCUT2D eigenvalue weighted by Gasteiger charge is 2.16. The maximum Gasteiger partial charge on any atom is 0.256 e. The van der Waals surface area contributed by atoms with Crippen LogP contribution in [0.5, 0.6) is 0 Å². The second kappa shape index (κ2) is 27.8. The topological polar surface area (TPSA) is 8.81 Å². The molecule has 2 heteroatoms. The van der Waals surface area contributed by atoms with Gasteiger partial charge < -0.3 is 0 Å². The number of hydrogen-bond acceptors (Lipinski definition) is 0. The van der Waals surface area contributed by atoms with Crippen LogP contribution in [0.2, 0.25) is 0 Å². The summed E-state index contributed by atoms with van der Waals surface area (Å²) in [7, 11) is 0. The van der Waals surface area contributed by atoms with E-state index in [0.717, 1.165) is 0 Å². The maximum absolute atomic E-state index is 2.62. The molecule has 224 valence electrons. The van der Waals surface area contributed by atoms with Gasteiger partial charge in [-0.05, 0) is 32.1 Å². The first kappa shape index (κ1) is 35.2. The molecule has 38 heavy (non-hydrogen) atoms. The van der Waals surface area contributed by atoms with Crippen LogP contribution >= 0.6 is 0 Å². The van der Waals surface area contributed by atoms with Crippen LogP contribution in [0.1, 0.15) is 200 Å². The third kappa shape index (κ3) is 20.2. The highest BCUT2D eigenvalue weighted by molar-refractivity contribution is 4.84. The average molecular weight is 532 g/mol. The van der Waals surface area contributed by atoms with Crippen LogP contribution in [0.15, 0.2) is 12.4 Å². The smallest absolute Gasteiger partial charge is 0.234 e. The lowest BCUT2D eigenvalue weighted by Gasteiger charge is -2.07. The van der Waals surface area contributed by atoms with Crippen LogP contribution in [0.25, 0.3) is 0 Å². The summed E-state index contributed by atoms with van der Waals surface area (Å²) >= 11 is 0. The van der Waals surface area contributed by atoms with E-state index in [9.17, 15) is 0 Å². The predicted molar refractivity (Wildman–Crippen MR) is 170 cm³/mol. The summed E-state index contributed by atoms with van der Waals surface area (Å²) in [6.45, 7) is 9.38. The van der Waals surface area contributed by atoms with Gasteiger partial charge in [-0.3, -0.25) is 0 Å². The first-order valence-corrected chi connectivity index (χ1v) is 17.9. The van der Waals surface area contributed by atoms with Gasteiger partial charge in [0.25, 0.3) is 5.82 Å². The third-order valence-electron chi connectivity index (χ3n) is 8.60. The molecule has 2 nitrogen and oxygen atoms in total. The molecule has 0 aromatic carbocycles. The Bertz CT molecular complexity index is 590. The van der Waals surface area contributed by atoms with Crippen molar-refractivity contribution in [2.24, 2.45) is 0 Å². The van der Waals surface area contributed by atoms with E-state index in [1.54, 1.807) is 5.82 Å². The highest BCUT2D eigenvalue weighted by Crippen LogP contribution is 2.14. The lowest BCUT2D eigenvalue weighted by Crippen LogP contribution is -2.37. The van der Waals surface area contributed by atoms with Gasteiger partial charge in [-0.2, -0.15) is 0 Å². The fourth-order valence-electron chi connectivity index (χ4n) is 5.97. The molecule has 0 bridgehead atoms. The lowest BCUT2D eigenvalue weighted by atomic mass is 10.0. The Kier molecular flexibility index (Phi) is 25.7. The van der Waals surface area contributed by atoms with Gasteiger partial charge >= 0.3 is 0 Å². The Morgan fingerprint density at radius 2 is 0.816 bits per heavy atom. The SMILES string of the molecule is CCCCCCCCCCCCCCC[n+]1ccn(CCCCCC)c1CCCCCCCCCCCC. The average Bonchev–Trinajstić information content (AvgIpc) is 3.31. The molecule has 0 amide bonds. The Balaban J connectivity index is 2.22. The molecule has 0 radical (unpaired) electrons. The van der Waals surface area contributed by atoms with E-state index in [-0.39, 0.29) is 0 Å². The van der Waals surface area contributed by atoms with E-state index in [1.165, 1.54) is 193 Å². The molecule has 1 heterocycles. The quantitative estimate of drug-likeness (QED) is 0.0689. The van der Waals surface area contributed by atoms with Crippen molar-refractivity contribution in [2.45, 2.75) is 214 Å². The fourth-order valence-corrected chi connectivity index (χ4v) is 5.97. The third-order valence-corrected chi connectivity index (χ3v) is 8.60. The predicted octanol–water partition coefficient (Wildman–Crippen LogP) is 11.9. The van der Waals surface area contributed by atoms with Gasteiger partial charge in [0.2, 0.25) is 0 Å². The minimum Gasteiger partial charge on any atom is -0.234 e. The Morgan fingerprint density at radius 1 is 0.447 bits per heavy atom. The van der Waals surface area contributed by atoms with Crippen LogP contribution in [0, 0.1) is 0 Å². The normalized spacial score (nSPS) is 11.6. The van der Waals surface area contributed by atoms with Crippen molar-refractivity contribution >= 4 is 0 Å². The van der Waals surface area contributed by atoms with Crippen molar-refractivity contribution in [2.75, 3.05) is 0 Å². The zero-order valence-electron chi connectivity index (χ0n) is 26.8. The van der Waals surface area contributed by atoms with Gasteiger partial charge in [-0.15, -0.1) is 0 Å². The summed E-state index contributed by atoms with van der Waals surface area (Å²) in [5.74, 6) is 1.61. The maximum atomic E-state index is 2.62. The molecular formula is C36H71N2+. The largest absolute Gasteiger partial charge is 0.256 e. The van der Waals surface area contributed by atoms with E-state index < -0.39 is 0 Å². The van der Waals surface area contributed by atoms with Crippen LogP contribution in [-0.4, -0.2) is 4.57 Å². The number of aromatic nitrogens is 2. The lowest BCUT2D eigenvalue weighted by molar-refractivity contribution is -0.704. The summed E-state index contributed by atoms with van der Waals surface area (Å²) in [5.41, 5.74) is 0. The monoisotopic (exact) mass is 532 g/mol. The number of unbranched alkanes of at least 4 members (excludes halogenated alkanes) is 24. The summed E-state index contributed by atoms with van der Waals surface area (Å²) in [6, 6.07) is 0. The van der Waals surface area contributed by atoms with E-state index in [4.69, 9.17) is 0 Å². The molecule has 0 aliphatic carbocycles. The van der Waals surface area contributed by atoms with Crippen LogP contribution < -0.4 is 4.57 Å². The van der Waals surface area contributed by atoms with Crippen molar-refractivity contribution in [3.8, 4) is 0 Å². The number of aryl methyl sites for hydroxylation is 2. The number of nitrogens with zero attached hydrogens (tertiary/aromatic N) is 2. The Labute approximate surface area is 240 Å². The standard InChI is InChI=1S/C36H71N2/c1-4-7-10-13-15-17-19-20-21-23-25-27-30-33-38-35-34-37(32-29-12-9-6-3)36(38)31-28-26-24-22-18-16-14-11-8-5-2/h34-35H,4-33H2,1-3H3/q+1. The Hall–Kier alpha value is -0.790. The van der Waals surface area contributed by atoms with Gasteiger partial charge in [0.1, 0.15) is 12.4 Å². The molecule has 0 spiro atoms. The van der Waals surface area contributed by atoms with Gasteiger partial charge in [-0.1, -0.05) is 162 Å². The van der Waals surface area contributed by atoms with Crippen molar-refractivity contribution in [1.29, 1.82) is 0 Å². The zero-order valence-corrected chi connectivity index (χ0v) is 26.8. The number of hydrogen-bond donors (Lipinski definition) is 0. The summed E-state index contributed by atoms with van der Waals surface area (Å²) < 4.78 is 5.22. The Morgan fingerprint density at radius 3 is 1.26 bits per heavy atom. The number of rotatable bonds is 30. The van der Waals surface area contributed by atoms with Crippen LogP contribution in [-0.2, 0) is 19.5 Å². The molecular weight excluding hydrogens is 460 g/mol. The molecule has 1 aromatic heterocycles. The van der Waals surface area contributed by atoms with Crippen LogP contribution in [0.4, 0.5) is 0 Å². The van der Waals surface area contributed by atoms with Gasteiger partial charge in [0, 0.05) is 6.42 Å². The zero-order chi connectivity index (χ0) is 27.4. The van der Waals surface area contributed by atoms with E-state index in [0.29, 0.717) is 0 Å². The van der Waals surface area contributed by atoms with E-state index in [2.05, 4.69) is 42.3 Å². The van der Waals surface area contributed by atoms with Crippen molar-refractivity contribution in [3.63, 3.8) is 0 Å². The van der Waals surface area contributed by atoms with E-state index >= 15 is 0 Å². The van der Waals surface area contributed by atoms with Crippen molar-refractivity contribution in [3.05, 3.63) is 18.2 Å². The van der Waals surface area contributed by atoms with Gasteiger partial charge in [-0.25, -0.2) is 9.13 Å². The molecule has 0 saturated heterocycles. The first-order valence-electron chi connectivity index (χ1n) is 17.9. The van der Waals surface area contributed by atoms with Crippen molar-refractivity contribution < 1.29 is 4.57 Å². The summed E-state index contributed by atoms with van der Waals surface area (Å²) in [5, 5.41) is 0. The molecule has 1 rings (SSSR count). The molecule has 1 aromatic rings.